The molecule has 14 heteroatoms. The molecule has 5 heterocycles. The topological polar surface area (TPSA) is 127 Å². The molecule has 276 valence electrons. The van der Waals surface area contributed by atoms with Crippen molar-refractivity contribution < 1.29 is 23.8 Å². The van der Waals surface area contributed by atoms with Gasteiger partial charge in [-0.25, -0.2) is 9.97 Å². The highest BCUT2D eigenvalue weighted by atomic mass is 79.9. The molecule has 2 saturated carbocycles. The number of amides is 2. The van der Waals surface area contributed by atoms with Gasteiger partial charge in [0.1, 0.15) is 10.8 Å². The van der Waals surface area contributed by atoms with Crippen LogP contribution in [-0.4, -0.2) is 61.9 Å². The lowest BCUT2D eigenvalue weighted by atomic mass is 9.94. The lowest BCUT2D eigenvalue weighted by molar-refractivity contribution is -0.119. The van der Waals surface area contributed by atoms with Crippen LogP contribution in [0.2, 0.25) is 0 Å². The minimum absolute atomic E-state index is 0.0181. The monoisotopic (exact) mass is 808 g/mol. The molecule has 2 aliphatic carbocycles. The Bertz CT molecular complexity index is 1820. The third kappa shape index (κ3) is 8.56. The Morgan fingerprint density at radius 3 is 1.96 bits per heavy atom. The van der Waals surface area contributed by atoms with Crippen molar-refractivity contribution in [1.82, 2.24) is 15.3 Å². The number of hydrogen-bond acceptors (Lipinski definition) is 11. The predicted octanol–water partition coefficient (Wildman–Crippen LogP) is 7.88. The van der Waals surface area contributed by atoms with E-state index in [4.69, 9.17) is 14.2 Å². The number of aromatic nitrogens is 2. The Hall–Kier alpha value is -3.72. The predicted molar refractivity (Wildman–Crippen MR) is 209 cm³/mol. The second-order valence-electron chi connectivity index (χ2n) is 13.7. The van der Waals surface area contributed by atoms with Crippen molar-refractivity contribution in [3.8, 4) is 17.2 Å². The molecule has 0 bridgehead atoms. The number of methoxy groups -OCH3 is 1. The lowest BCUT2D eigenvalue weighted by Gasteiger charge is -2.26. The molecule has 4 aromatic rings. The summed E-state index contributed by atoms with van der Waals surface area (Å²) >= 11 is 6.32. The van der Waals surface area contributed by atoms with Crippen molar-refractivity contribution in [2.45, 2.75) is 75.0 Å². The van der Waals surface area contributed by atoms with Gasteiger partial charge in [0.25, 0.3) is 0 Å². The molecule has 2 aromatic carbocycles. The first-order chi connectivity index (χ1) is 25.4. The number of carbonyl (C=O) groups is 2. The number of thiazole rings is 2. The number of anilines is 3. The second-order valence-corrected chi connectivity index (χ2v) is 17.1. The van der Waals surface area contributed by atoms with Crippen molar-refractivity contribution in [1.29, 1.82) is 0 Å². The average Bonchev–Trinajstić information content (AvgIpc) is 4.03. The summed E-state index contributed by atoms with van der Waals surface area (Å²) in [7, 11) is 1.63. The molecular weight excluding hydrogens is 764 g/mol. The van der Waals surface area contributed by atoms with Crippen molar-refractivity contribution in [3.63, 3.8) is 0 Å². The summed E-state index contributed by atoms with van der Waals surface area (Å²) in [6.45, 7) is 4.91. The van der Waals surface area contributed by atoms with Crippen LogP contribution in [0.1, 0.15) is 75.3 Å². The van der Waals surface area contributed by atoms with Gasteiger partial charge in [0, 0.05) is 13.1 Å². The van der Waals surface area contributed by atoms with Crippen LogP contribution in [0.3, 0.4) is 0 Å². The molecule has 0 atom stereocenters. The first kappa shape index (κ1) is 36.6. The largest absolute Gasteiger partial charge is 0.497 e. The molecule has 3 N–H and O–H groups in total. The molecular formula is C38H45BrN6O5S2. The Labute approximate surface area is 321 Å². The first-order valence-corrected chi connectivity index (χ1v) is 20.5. The fraction of sp³-hybridized carbons (Fsp3) is 0.474. The highest BCUT2D eigenvalue weighted by molar-refractivity contribution is 9.11. The minimum Gasteiger partial charge on any atom is -0.497 e. The van der Waals surface area contributed by atoms with Gasteiger partial charge >= 0.3 is 0 Å². The highest BCUT2D eigenvalue weighted by Crippen LogP contribution is 2.52. The van der Waals surface area contributed by atoms with E-state index in [-0.39, 0.29) is 18.6 Å². The van der Waals surface area contributed by atoms with E-state index in [0.717, 1.165) is 75.9 Å². The fourth-order valence-electron chi connectivity index (χ4n) is 6.78. The Morgan fingerprint density at radius 1 is 0.788 bits per heavy atom. The number of benzene rings is 2. The molecule has 2 amide bonds. The average molecular weight is 810 g/mol. The van der Waals surface area contributed by atoms with Crippen LogP contribution in [0, 0.1) is 0 Å². The van der Waals surface area contributed by atoms with E-state index in [2.05, 4.69) is 46.7 Å². The number of carbonyl (C=O) groups excluding carboxylic acids is 2. The van der Waals surface area contributed by atoms with Gasteiger partial charge < -0.3 is 35.1 Å². The standard InChI is InChI=1S/C19H21N3O3S.C14H13BrN2O2S.C5H11N/c23-17(21-18-20-11-16(26-18)22-8-2-1-3-9-22)19(6-7-19)13-4-5-14-15(10-13)25-12-24-14;1-19-10-4-2-9(3-5-10)14(6-7-14)12(18)17-13-16-8-11(15)20-13;1-2-4-6-5-3-1/h4-5,10-11H,1-3,6-9,12H2,(H,20,21,23);2-5,8H,6-7H2,1H3,(H,16,17,18);6H,1-5H2. The number of fused-ring (bicyclic) bond motifs is 1. The molecule has 9 rings (SSSR count). The zero-order chi connectivity index (χ0) is 36.0. The van der Waals surface area contributed by atoms with E-state index < -0.39 is 10.8 Å². The van der Waals surface area contributed by atoms with E-state index in [1.807, 2.05) is 48.7 Å². The van der Waals surface area contributed by atoms with Crippen LogP contribution in [0.25, 0.3) is 0 Å². The third-order valence-electron chi connectivity index (χ3n) is 10.2. The van der Waals surface area contributed by atoms with Crippen molar-refractivity contribution in [2.75, 3.05) is 55.6 Å². The zero-order valence-electron chi connectivity index (χ0n) is 29.4. The number of ether oxygens (including phenoxy) is 3. The van der Waals surface area contributed by atoms with Gasteiger partial charge in [0.15, 0.2) is 21.8 Å². The summed E-state index contributed by atoms with van der Waals surface area (Å²) in [5, 5.41) is 11.7. The Morgan fingerprint density at radius 2 is 1.38 bits per heavy atom. The first-order valence-electron chi connectivity index (χ1n) is 18.1. The van der Waals surface area contributed by atoms with Crippen molar-refractivity contribution in [2.24, 2.45) is 0 Å². The molecule has 0 radical (unpaired) electrons. The van der Waals surface area contributed by atoms with Crippen LogP contribution in [0.4, 0.5) is 15.3 Å². The molecule has 5 aliphatic rings. The van der Waals surface area contributed by atoms with E-state index in [9.17, 15) is 9.59 Å². The van der Waals surface area contributed by atoms with E-state index in [1.165, 1.54) is 63.0 Å². The summed E-state index contributed by atoms with van der Waals surface area (Å²) in [5.74, 6) is 2.31. The van der Waals surface area contributed by atoms with Crippen molar-refractivity contribution in [3.05, 3.63) is 69.8 Å². The summed E-state index contributed by atoms with van der Waals surface area (Å²) in [6.07, 6.45) is 15.0. The maximum absolute atomic E-state index is 13.0. The van der Waals surface area contributed by atoms with Crippen LogP contribution < -0.4 is 35.1 Å². The molecule has 0 spiro atoms. The van der Waals surface area contributed by atoms with Crippen molar-refractivity contribution >= 4 is 65.7 Å². The summed E-state index contributed by atoms with van der Waals surface area (Å²) in [4.78, 5) is 36.3. The van der Waals surface area contributed by atoms with Crippen LogP contribution in [0.5, 0.6) is 17.2 Å². The third-order valence-corrected chi connectivity index (χ3v) is 12.6. The molecule has 2 aromatic heterocycles. The number of nitrogens with one attached hydrogen (secondary N) is 3. The Balaban J connectivity index is 0.000000143. The molecule has 3 aliphatic heterocycles. The van der Waals surface area contributed by atoms with Gasteiger partial charge in [-0.05, 0) is 122 Å². The normalized spacial score (nSPS) is 18.8. The summed E-state index contributed by atoms with van der Waals surface area (Å²) in [5.41, 5.74) is 1.17. The van der Waals surface area contributed by atoms with Crippen LogP contribution in [-0.2, 0) is 20.4 Å². The summed E-state index contributed by atoms with van der Waals surface area (Å²) < 4.78 is 16.9. The van der Waals surface area contributed by atoms with Crippen LogP contribution in [0.15, 0.2) is 58.6 Å². The molecule has 52 heavy (non-hydrogen) atoms. The molecule has 11 nitrogen and oxygen atoms in total. The second kappa shape index (κ2) is 16.5. The van der Waals surface area contributed by atoms with Gasteiger partial charge in [-0.15, -0.1) is 0 Å². The zero-order valence-corrected chi connectivity index (χ0v) is 32.6. The maximum atomic E-state index is 13.0. The number of rotatable bonds is 8. The van der Waals surface area contributed by atoms with Gasteiger partial charge in [-0.2, -0.15) is 0 Å². The minimum atomic E-state index is -0.460. The number of hydrogen-bond donors (Lipinski definition) is 3. The number of piperidine rings is 2. The van der Waals surface area contributed by atoms with E-state index in [1.54, 1.807) is 24.6 Å². The van der Waals surface area contributed by atoms with E-state index in [0.29, 0.717) is 10.3 Å². The quantitative estimate of drug-likeness (QED) is 0.163. The molecule has 2 saturated heterocycles. The van der Waals surface area contributed by atoms with Crippen LogP contribution >= 0.6 is 38.6 Å². The smallest absolute Gasteiger partial charge is 0.236 e. The number of halogens is 1. The Kier molecular flexibility index (Phi) is 11.6. The molecule has 0 unspecified atom stereocenters. The van der Waals surface area contributed by atoms with Gasteiger partial charge in [0.05, 0.1) is 34.1 Å². The highest BCUT2D eigenvalue weighted by Gasteiger charge is 2.52. The van der Waals surface area contributed by atoms with Gasteiger partial charge in [-0.3, -0.25) is 9.59 Å². The van der Waals surface area contributed by atoms with Gasteiger partial charge in [-0.1, -0.05) is 47.3 Å². The summed E-state index contributed by atoms with van der Waals surface area (Å²) in [6, 6.07) is 13.5. The maximum Gasteiger partial charge on any atom is 0.236 e. The SMILES string of the molecule is C1CCNCC1.COc1ccc(C2(C(=O)Nc3ncc(Br)s3)CC2)cc1.O=C(Nc1ncc(N2CCCCC2)s1)C1(c2ccc3c(c2)OCO3)CC1. The van der Waals surface area contributed by atoms with E-state index >= 15 is 0 Å². The number of nitrogens with zero attached hydrogens (tertiary/aromatic N) is 3. The molecule has 4 fully saturated rings. The lowest BCUT2D eigenvalue weighted by Crippen LogP contribution is -2.28. The fourth-order valence-corrected chi connectivity index (χ4v) is 8.75. The van der Waals surface area contributed by atoms with Gasteiger partial charge in [0.2, 0.25) is 18.6 Å².